The van der Waals surface area contributed by atoms with E-state index >= 15 is 0 Å². The zero-order valence-electron chi connectivity index (χ0n) is 10.8. The molecule has 0 heterocycles. The highest BCUT2D eigenvalue weighted by atomic mass is 79.9. The Labute approximate surface area is 129 Å². The van der Waals surface area contributed by atoms with Gasteiger partial charge >= 0.3 is 0 Å². The van der Waals surface area contributed by atoms with Gasteiger partial charge in [0.15, 0.2) is 12.9 Å². The summed E-state index contributed by atoms with van der Waals surface area (Å²) in [6.45, 7) is -0.275. The Morgan fingerprint density at radius 1 is 1.24 bits per heavy atom. The molecule has 0 aliphatic rings. The van der Waals surface area contributed by atoms with E-state index in [0.717, 1.165) is 16.6 Å². The first kappa shape index (κ1) is 15.2. The van der Waals surface area contributed by atoms with Gasteiger partial charge in [-0.3, -0.25) is 9.59 Å². The van der Waals surface area contributed by atoms with Crippen LogP contribution in [0.3, 0.4) is 0 Å². The van der Waals surface area contributed by atoms with Crippen LogP contribution in [0, 0.1) is 5.82 Å². The van der Waals surface area contributed by atoms with Gasteiger partial charge in [0.2, 0.25) is 0 Å². The van der Waals surface area contributed by atoms with E-state index in [1.54, 1.807) is 24.3 Å². The van der Waals surface area contributed by atoms with Gasteiger partial charge in [0.1, 0.15) is 11.6 Å². The molecule has 21 heavy (non-hydrogen) atoms. The number of rotatable bonds is 5. The van der Waals surface area contributed by atoms with Crippen LogP contribution in [0.5, 0.6) is 5.75 Å². The van der Waals surface area contributed by atoms with Crippen LogP contribution < -0.4 is 10.1 Å². The lowest BCUT2D eigenvalue weighted by Gasteiger charge is -2.09. The number of nitrogens with one attached hydrogen (secondary N) is 1. The number of anilines is 1. The molecule has 0 saturated heterocycles. The lowest BCUT2D eigenvalue weighted by molar-refractivity contribution is -0.118. The molecule has 0 unspecified atom stereocenters. The molecule has 0 aliphatic carbocycles. The SMILES string of the molecule is O=Cc1cc(F)ccc1OCC(=O)Nc1ccc(Br)cc1. The Morgan fingerprint density at radius 3 is 2.62 bits per heavy atom. The molecule has 0 saturated carbocycles. The molecule has 0 aliphatic heterocycles. The summed E-state index contributed by atoms with van der Waals surface area (Å²) in [4.78, 5) is 22.5. The quantitative estimate of drug-likeness (QED) is 0.839. The number of benzene rings is 2. The number of halogens is 2. The van der Waals surface area contributed by atoms with E-state index in [1.165, 1.54) is 6.07 Å². The van der Waals surface area contributed by atoms with Gasteiger partial charge in [0.25, 0.3) is 5.91 Å². The fourth-order valence-electron chi connectivity index (χ4n) is 1.62. The number of ether oxygens (including phenoxy) is 1. The summed E-state index contributed by atoms with van der Waals surface area (Å²) in [5, 5.41) is 2.64. The van der Waals surface area contributed by atoms with Crippen LogP contribution in [0.15, 0.2) is 46.9 Å². The van der Waals surface area contributed by atoms with Crippen molar-refractivity contribution in [1.82, 2.24) is 0 Å². The summed E-state index contributed by atoms with van der Waals surface area (Å²) in [5.41, 5.74) is 0.688. The molecule has 1 amide bonds. The van der Waals surface area contributed by atoms with Crippen LogP contribution in [-0.2, 0) is 4.79 Å². The Bertz CT molecular complexity index is 658. The fourth-order valence-corrected chi connectivity index (χ4v) is 1.88. The van der Waals surface area contributed by atoms with Crippen molar-refractivity contribution in [1.29, 1.82) is 0 Å². The minimum absolute atomic E-state index is 0.0615. The van der Waals surface area contributed by atoms with Gasteiger partial charge in [0.05, 0.1) is 5.56 Å². The maximum atomic E-state index is 13.0. The van der Waals surface area contributed by atoms with E-state index < -0.39 is 5.82 Å². The summed E-state index contributed by atoms with van der Waals surface area (Å²) in [7, 11) is 0. The molecule has 0 spiro atoms. The highest BCUT2D eigenvalue weighted by Crippen LogP contribution is 2.18. The molecular weight excluding hydrogens is 341 g/mol. The van der Waals surface area contributed by atoms with Crippen LogP contribution in [0.2, 0.25) is 0 Å². The van der Waals surface area contributed by atoms with E-state index in [4.69, 9.17) is 4.74 Å². The van der Waals surface area contributed by atoms with Crippen LogP contribution in [0.4, 0.5) is 10.1 Å². The molecule has 2 aromatic carbocycles. The number of amides is 1. The van der Waals surface area contributed by atoms with Crippen molar-refractivity contribution in [2.24, 2.45) is 0 Å². The molecule has 0 atom stereocenters. The molecule has 0 radical (unpaired) electrons. The van der Waals surface area contributed by atoms with Crippen molar-refractivity contribution < 1.29 is 18.7 Å². The monoisotopic (exact) mass is 351 g/mol. The standard InChI is InChI=1S/C15H11BrFNO3/c16-11-1-4-13(5-2-11)18-15(20)9-21-14-6-3-12(17)7-10(14)8-19/h1-8H,9H2,(H,18,20). The minimum atomic E-state index is -0.538. The van der Waals surface area contributed by atoms with Crippen LogP contribution >= 0.6 is 15.9 Å². The maximum absolute atomic E-state index is 13.0. The molecule has 2 aromatic rings. The second-order valence-corrected chi connectivity index (χ2v) is 5.06. The number of hydrogen-bond donors (Lipinski definition) is 1. The van der Waals surface area contributed by atoms with Crippen LogP contribution in [-0.4, -0.2) is 18.8 Å². The highest BCUT2D eigenvalue weighted by Gasteiger charge is 2.08. The highest BCUT2D eigenvalue weighted by molar-refractivity contribution is 9.10. The number of hydrogen-bond acceptors (Lipinski definition) is 3. The molecular formula is C15H11BrFNO3. The lowest BCUT2D eigenvalue weighted by Crippen LogP contribution is -2.20. The Kier molecular flexibility index (Phi) is 5.05. The molecule has 1 N–H and O–H groups in total. The summed E-state index contributed by atoms with van der Waals surface area (Å²) in [5.74, 6) is -0.750. The largest absolute Gasteiger partial charge is 0.483 e. The van der Waals surface area contributed by atoms with Crippen molar-refractivity contribution in [2.45, 2.75) is 0 Å². The fraction of sp³-hybridized carbons (Fsp3) is 0.0667. The van der Waals surface area contributed by atoms with Gasteiger partial charge in [-0.15, -0.1) is 0 Å². The number of aldehydes is 1. The van der Waals surface area contributed by atoms with Crippen LogP contribution in [0.25, 0.3) is 0 Å². The normalized spacial score (nSPS) is 10.0. The van der Waals surface area contributed by atoms with Crippen LogP contribution in [0.1, 0.15) is 10.4 Å². The zero-order valence-corrected chi connectivity index (χ0v) is 12.4. The van der Waals surface area contributed by atoms with Gasteiger partial charge in [-0.1, -0.05) is 15.9 Å². The van der Waals surface area contributed by atoms with Crippen molar-refractivity contribution in [3.8, 4) is 5.75 Å². The van der Waals surface area contributed by atoms with E-state index in [2.05, 4.69) is 21.2 Å². The average molecular weight is 352 g/mol. The summed E-state index contributed by atoms with van der Waals surface area (Å²) < 4.78 is 19.1. The van der Waals surface area contributed by atoms with E-state index in [1.807, 2.05) is 0 Å². The molecule has 0 bridgehead atoms. The predicted octanol–water partition coefficient (Wildman–Crippen LogP) is 3.42. The Balaban J connectivity index is 1.95. The first-order valence-corrected chi connectivity index (χ1v) is 6.81. The second kappa shape index (κ2) is 6.99. The first-order chi connectivity index (χ1) is 10.1. The molecule has 0 aromatic heterocycles. The second-order valence-electron chi connectivity index (χ2n) is 4.14. The smallest absolute Gasteiger partial charge is 0.262 e. The van der Waals surface area contributed by atoms with Gasteiger partial charge in [-0.25, -0.2) is 4.39 Å². The molecule has 108 valence electrons. The van der Waals surface area contributed by atoms with Crippen molar-refractivity contribution in [3.63, 3.8) is 0 Å². The van der Waals surface area contributed by atoms with Gasteiger partial charge in [-0.05, 0) is 42.5 Å². The van der Waals surface area contributed by atoms with Gasteiger partial charge in [0, 0.05) is 10.2 Å². The third-order valence-corrected chi connectivity index (χ3v) is 3.11. The lowest BCUT2D eigenvalue weighted by atomic mass is 10.2. The summed E-state index contributed by atoms with van der Waals surface area (Å²) in [6.07, 6.45) is 0.477. The van der Waals surface area contributed by atoms with Gasteiger partial charge in [-0.2, -0.15) is 0 Å². The minimum Gasteiger partial charge on any atom is -0.483 e. The summed E-state index contributed by atoms with van der Waals surface area (Å²) in [6, 6.07) is 10.6. The Hall–Kier alpha value is -2.21. The predicted molar refractivity (Wildman–Crippen MR) is 80.1 cm³/mol. The van der Waals surface area contributed by atoms with Crippen molar-refractivity contribution >= 4 is 33.8 Å². The number of carbonyl (C=O) groups excluding carboxylic acids is 2. The third kappa shape index (κ3) is 4.39. The maximum Gasteiger partial charge on any atom is 0.262 e. The van der Waals surface area contributed by atoms with Gasteiger partial charge < -0.3 is 10.1 Å². The third-order valence-electron chi connectivity index (χ3n) is 2.59. The molecule has 0 fully saturated rings. The molecule has 2 rings (SSSR count). The van der Waals surface area contributed by atoms with Crippen molar-refractivity contribution in [2.75, 3.05) is 11.9 Å². The number of carbonyl (C=O) groups is 2. The van der Waals surface area contributed by atoms with E-state index in [9.17, 15) is 14.0 Å². The molecule has 4 nitrogen and oxygen atoms in total. The Morgan fingerprint density at radius 2 is 1.95 bits per heavy atom. The zero-order chi connectivity index (χ0) is 15.2. The summed E-state index contributed by atoms with van der Waals surface area (Å²) >= 11 is 3.29. The average Bonchev–Trinajstić information content (AvgIpc) is 2.48. The van der Waals surface area contributed by atoms with E-state index in [0.29, 0.717) is 12.0 Å². The molecule has 6 heteroatoms. The van der Waals surface area contributed by atoms with Crippen molar-refractivity contribution in [3.05, 3.63) is 58.3 Å². The van der Waals surface area contributed by atoms with E-state index in [-0.39, 0.29) is 23.8 Å². The first-order valence-electron chi connectivity index (χ1n) is 6.01. The topological polar surface area (TPSA) is 55.4 Å².